The predicted molar refractivity (Wildman–Crippen MR) is 87.7 cm³/mol. The molecule has 3 heteroatoms. The Kier molecular flexibility index (Phi) is 6.29. The number of benzene rings is 2. The summed E-state index contributed by atoms with van der Waals surface area (Å²) in [5, 5.41) is 2.93. The Bertz CT molecular complexity index is 502. The molecule has 0 fully saturated rings. The van der Waals surface area contributed by atoms with Gasteiger partial charge in [-0.15, -0.1) is 11.6 Å². The smallest absolute Gasteiger partial charge is 0.220 e. The van der Waals surface area contributed by atoms with Gasteiger partial charge in [-0.05, 0) is 17.5 Å². The Morgan fingerprint density at radius 2 is 1.48 bits per heavy atom. The Hall–Kier alpha value is -1.80. The van der Waals surface area contributed by atoms with Crippen molar-refractivity contribution < 1.29 is 4.79 Å². The van der Waals surface area contributed by atoms with Crippen molar-refractivity contribution in [2.45, 2.75) is 18.8 Å². The summed E-state index contributed by atoms with van der Waals surface area (Å²) >= 11 is 5.63. The minimum atomic E-state index is 0.0674. The lowest BCUT2D eigenvalue weighted by atomic mass is 9.88. The zero-order chi connectivity index (χ0) is 14.9. The summed E-state index contributed by atoms with van der Waals surface area (Å²) in [6.45, 7) is 0.638. The first-order valence-corrected chi connectivity index (χ1v) is 7.77. The normalized spacial score (nSPS) is 10.6. The van der Waals surface area contributed by atoms with Crippen molar-refractivity contribution in [3.05, 3.63) is 71.8 Å². The van der Waals surface area contributed by atoms with E-state index in [4.69, 9.17) is 11.6 Å². The highest BCUT2D eigenvalue weighted by Crippen LogP contribution is 2.27. The van der Waals surface area contributed by atoms with Crippen molar-refractivity contribution in [3.8, 4) is 0 Å². The lowest BCUT2D eigenvalue weighted by molar-refractivity contribution is -0.121. The topological polar surface area (TPSA) is 29.1 Å². The molecular weight excluding hydrogens is 282 g/mol. The molecule has 0 aliphatic rings. The SMILES string of the molecule is O=C(CC(c1ccccc1)c1ccccc1)NCCCCl. The van der Waals surface area contributed by atoms with Crippen LogP contribution in [-0.4, -0.2) is 18.3 Å². The highest BCUT2D eigenvalue weighted by Gasteiger charge is 2.17. The first-order valence-electron chi connectivity index (χ1n) is 7.24. The number of rotatable bonds is 7. The number of nitrogens with one attached hydrogen (secondary N) is 1. The van der Waals surface area contributed by atoms with Crippen molar-refractivity contribution in [2.75, 3.05) is 12.4 Å². The van der Waals surface area contributed by atoms with E-state index >= 15 is 0 Å². The molecule has 2 rings (SSSR count). The zero-order valence-corrected chi connectivity index (χ0v) is 12.7. The molecule has 2 aromatic rings. The summed E-state index contributed by atoms with van der Waals surface area (Å²) in [5.41, 5.74) is 2.33. The predicted octanol–water partition coefficient (Wildman–Crippen LogP) is 3.95. The Morgan fingerprint density at radius 1 is 0.952 bits per heavy atom. The number of hydrogen-bond donors (Lipinski definition) is 1. The van der Waals surface area contributed by atoms with Crippen molar-refractivity contribution in [1.82, 2.24) is 5.32 Å². The zero-order valence-electron chi connectivity index (χ0n) is 12.0. The molecule has 21 heavy (non-hydrogen) atoms. The minimum Gasteiger partial charge on any atom is -0.356 e. The lowest BCUT2D eigenvalue weighted by Crippen LogP contribution is -2.26. The number of carbonyl (C=O) groups is 1. The van der Waals surface area contributed by atoms with Crippen LogP contribution in [0.25, 0.3) is 0 Å². The van der Waals surface area contributed by atoms with Crippen LogP contribution in [0.2, 0.25) is 0 Å². The molecular formula is C18H20ClNO. The summed E-state index contributed by atoms with van der Waals surface area (Å²) in [5.74, 6) is 0.724. The number of alkyl halides is 1. The minimum absolute atomic E-state index is 0.0674. The van der Waals surface area contributed by atoms with Crippen LogP contribution in [0.1, 0.15) is 29.9 Å². The van der Waals surface area contributed by atoms with Crippen LogP contribution in [0.15, 0.2) is 60.7 Å². The number of carbonyl (C=O) groups excluding carboxylic acids is 1. The third-order valence-electron chi connectivity index (χ3n) is 3.43. The maximum atomic E-state index is 12.1. The van der Waals surface area contributed by atoms with Crippen LogP contribution in [0.3, 0.4) is 0 Å². The fourth-order valence-corrected chi connectivity index (χ4v) is 2.48. The molecule has 0 heterocycles. The molecule has 0 bridgehead atoms. The van der Waals surface area contributed by atoms with Gasteiger partial charge in [0, 0.05) is 24.8 Å². The molecule has 0 aliphatic heterocycles. The van der Waals surface area contributed by atoms with Gasteiger partial charge in [-0.25, -0.2) is 0 Å². The largest absolute Gasteiger partial charge is 0.356 e. The third-order valence-corrected chi connectivity index (χ3v) is 3.69. The van der Waals surface area contributed by atoms with E-state index in [1.807, 2.05) is 36.4 Å². The van der Waals surface area contributed by atoms with Crippen molar-refractivity contribution in [3.63, 3.8) is 0 Å². The molecule has 0 unspecified atom stereocenters. The van der Waals surface area contributed by atoms with Crippen LogP contribution in [0, 0.1) is 0 Å². The summed E-state index contributed by atoms with van der Waals surface area (Å²) in [7, 11) is 0. The molecule has 0 saturated carbocycles. The number of amides is 1. The van der Waals surface area contributed by atoms with Gasteiger partial charge in [0.1, 0.15) is 0 Å². The Balaban J connectivity index is 2.12. The van der Waals surface area contributed by atoms with Crippen molar-refractivity contribution >= 4 is 17.5 Å². The molecule has 0 radical (unpaired) electrons. The van der Waals surface area contributed by atoms with Gasteiger partial charge in [0.25, 0.3) is 0 Å². The lowest BCUT2D eigenvalue weighted by Gasteiger charge is -2.17. The standard InChI is InChI=1S/C18H20ClNO/c19-12-7-13-20-18(21)14-17(15-8-3-1-4-9-15)16-10-5-2-6-11-16/h1-6,8-11,17H,7,12-14H2,(H,20,21). The third kappa shape index (κ3) is 4.91. The Morgan fingerprint density at radius 3 is 1.95 bits per heavy atom. The maximum Gasteiger partial charge on any atom is 0.220 e. The fourth-order valence-electron chi connectivity index (χ4n) is 2.35. The van der Waals surface area contributed by atoms with E-state index in [1.165, 1.54) is 0 Å². The van der Waals surface area contributed by atoms with Crippen LogP contribution in [0.5, 0.6) is 0 Å². The van der Waals surface area contributed by atoms with Gasteiger partial charge in [-0.1, -0.05) is 60.7 Å². The molecule has 2 aromatic carbocycles. The molecule has 0 atom stereocenters. The summed E-state index contributed by atoms with van der Waals surface area (Å²) < 4.78 is 0. The van der Waals surface area contributed by atoms with Crippen LogP contribution in [0.4, 0.5) is 0 Å². The van der Waals surface area contributed by atoms with E-state index in [2.05, 4.69) is 29.6 Å². The molecule has 1 amide bonds. The molecule has 0 spiro atoms. The molecule has 0 saturated heterocycles. The summed E-state index contributed by atoms with van der Waals surface area (Å²) in [6.07, 6.45) is 1.25. The quantitative estimate of drug-likeness (QED) is 0.609. The first-order chi connectivity index (χ1) is 10.3. The second-order valence-electron chi connectivity index (χ2n) is 4.97. The second kappa shape index (κ2) is 8.48. The second-order valence-corrected chi connectivity index (χ2v) is 5.35. The van der Waals surface area contributed by atoms with Gasteiger partial charge >= 0.3 is 0 Å². The van der Waals surface area contributed by atoms with E-state index in [0.29, 0.717) is 18.8 Å². The maximum absolute atomic E-state index is 12.1. The van der Waals surface area contributed by atoms with Gasteiger partial charge in [0.15, 0.2) is 0 Å². The fraction of sp³-hybridized carbons (Fsp3) is 0.278. The molecule has 110 valence electrons. The first kappa shape index (κ1) is 15.6. The van der Waals surface area contributed by atoms with E-state index in [9.17, 15) is 4.79 Å². The van der Waals surface area contributed by atoms with E-state index in [0.717, 1.165) is 17.5 Å². The highest BCUT2D eigenvalue weighted by atomic mass is 35.5. The summed E-state index contributed by atoms with van der Waals surface area (Å²) in [4.78, 5) is 12.1. The Labute approximate surface area is 131 Å². The van der Waals surface area contributed by atoms with Crippen molar-refractivity contribution in [2.24, 2.45) is 0 Å². The number of halogens is 1. The van der Waals surface area contributed by atoms with Gasteiger partial charge < -0.3 is 5.32 Å². The van der Waals surface area contributed by atoms with Crippen molar-refractivity contribution in [1.29, 1.82) is 0 Å². The molecule has 0 aliphatic carbocycles. The van der Waals surface area contributed by atoms with E-state index in [-0.39, 0.29) is 11.8 Å². The average molecular weight is 302 g/mol. The van der Waals surface area contributed by atoms with E-state index < -0.39 is 0 Å². The van der Waals surface area contributed by atoms with E-state index in [1.54, 1.807) is 0 Å². The number of hydrogen-bond acceptors (Lipinski definition) is 1. The monoisotopic (exact) mass is 301 g/mol. The van der Waals surface area contributed by atoms with Gasteiger partial charge in [-0.3, -0.25) is 4.79 Å². The van der Waals surface area contributed by atoms with Crippen LogP contribution in [-0.2, 0) is 4.79 Å². The van der Waals surface area contributed by atoms with Gasteiger partial charge in [0.2, 0.25) is 5.91 Å². The molecule has 0 aromatic heterocycles. The average Bonchev–Trinajstić information content (AvgIpc) is 2.54. The molecule has 2 nitrogen and oxygen atoms in total. The van der Waals surface area contributed by atoms with Gasteiger partial charge in [-0.2, -0.15) is 0 Å². The highest BCUT2D eigenvalue weighted by molar-refractivity contribution is 6.17. The van der Waals surface area contributed by atoms with Gasteiger partial charge in [0.05, 0.1) is 0 Å². The molecule has 1 N–H and O–H groups in total. The van der Waals surface area contributed by atoms with Crippen LogP contribution < -0.4 is 5.32 Å². The summed E-state index contributed by atoms with van der Waals surface area (Å²) in [6, 6.07) is 20.3. The van der Waals surface area contributed by atoms with Crippen LogP contribution >= 0.6 is 11.6 Å².